The summed E-state index contributed by atoms with van der Waals surface area (Å²) in [7, 11) is 0. The number of carbonyl (C=O) groups excluding carboxylic acids is 2. The van der Waals surface area contributed by atoms with Gasteiger partial charge < -0.3 is 10.1 Å². The predicted octanol–water partition coefficient (Wildman–Crippen LogP) is 3.13. The molecule has 1 aromatic rings. The molecule has 0 bridgehead atoms. The third kappa shape index (κ3) is 4.06. The molecule has 0 spiro atoms. The first-order chi connectivity index (χ1) is 10.2. The number of nitrogens with one attached hydrogen (secondary N) is 1. The molecule has 1 fully saturated rings. The number of ether oxygens (including phenoxy) is 1. The minimum atomic E-state index is -1.09. The van der Waals surface area contributed by atoms with Gasteiger partial charge in [-0.2, -0.15) is 0 Å². The van der Waals surface area contributed by atoms with Gasteiger partial charge in [0.1, 0.15) is 9.75 Å². The van der Waals surface area contributed by atoms with Gasteiger partial charge in [-0.3, -0.25) is 9.59 Å². The molecule has 0 heterocycles. The number of alkyl halides is 2. The highest BCUT2D eigenvalue weighted by Gasteiger charge is 2.69. The Morgan fingerprint density at radius 2 is 2.05 bits per heavy atom. The van der Waals surface area contributed by atoms with E-state index in [1.807, 2.05) is 18.2 Å². The molecule has 1 aromatic carbocycles. The van der Waals surface area contributed by atoms with E-state index in [0.717, 1.165) is 5.56 Å². The number of halogens is 3. The fourth-order valence-corrected chi connectivity index (χ4v) is 2.90. The molecule has 0 aliphatic heterocycles. The number of hydrogen-bond acceptors (Lipinski definition) is 3. The number of amides is 1. The molecule has 1 N–H and O–H groups in total. The second-order valence-corrected chi connectivity index (χ2v) is 7.44. The number of benzene rings is 1. The van der Waals surface area contributed by atoms with E-state index < -0.39 is 15.7 Å². The number of carbonyl (C=O) groups is 2. The highest BCUT2D eigenvalue weighted by atomic mass is 35.5. The quantitative estimate of drug-likeness (QED) is 0.623. The first-order valence-electron chi connectivity index (χ1n) is 6.81. The van der Waals surface area contributed by atoms with Crippen molar-refractivity contribution in [2.24, 2.45) is 5.41 Å². The van der Waals surface area contributed by atoms with Gasteiger partial charge in [0.25, 0.3) is 5.91 Å². The minimum Gasteiger partial charge on any atom is -0.455 e. The molecule has 0 saturated heterocycles. The zero-order chi connectivity index (χ0) is 16.4. The lowest BCUT2D eigenvalue weighted by Gasteiger charge is -2.11. The SMILES string of the molecule is C[C@@]1(C(=O)OCC(=O)NCCc2cccc(Cl)c2)CC1(Cl)Cl. The fourth-order valence-electron chi connectivity index (χ4n) is 2.00. The van der Waals surface area contributed by atoms with Crippen LogP contribution in [0.1, 0.15) is 18.9 Å². The Kier molecular flexibility index (Phi) is 5.25. The van der Waals surface area contributed by atoms with Crippen molar-refractivity contribution in [3.63, 3.8) is 0 Å². The van der Waals surface area contributed by atoms with Crippen LogP contribution in [-0.4, -0.2) is 29.4 Å². The molecule has 7 heteroatoms. The molecule has 1 aliphatic carbocycles. The van der Waals surface area contributed by atoms with Crippen LogP contribution in [0.3, 0.4) is 0 Å². The lowest BCUT2D eigenvalue weighted by atomic mass is 10.1. The van der Waals surface area contributed by atoms with Crippen molar-refractivity contribution in [1.29, 1.82) is 0 Å². The van der Waals surface area contributed by atoms with E-state index in [9.17, 15) is 9.59 Å². The fraction of sp³-hybridized carbons (Fsp3) is 0.467. The van der Waals surface area contributed by atoms with Crippen molar-refractivity contribution < 1.29 is 14.3 Å². The Labute approximate surface area is 144 Å². The van der Waals surface area contributed by atoms with Crippen molar-refractivity contribution in [2.45, 2.75) is 24.1 Å². The van der Waals surface area contributed by atoms with Gasteiger partial charge in [0.15, 0.2) is 6.61 Å². The summed E-state index contributed by atoms with van der Waals surface area (Å²) < 4.78 is 3.86. The largest absolute Gasteiger partial charge is 0.455 e. The van der Waals surface area contributed by atoms with Gasteiger partial charge in [-0.15, -0.1) is 23.2 Å². The van der Waals surface area contributed by atoms with E-state index in [2.05, 4.69) is 5.32 Å². The average molecular weight is 365 g/mol. The van der Waals surface area contributed by atoms with Crippen molar-refractivity contribution in [1.82, 2.24) is 5.32 Å². The van der Waals surface area contributed by atoms with Crippen LogP contribution in [0.4, 0.5) is 0 Å². The summed E-state index contributed by atoms with van der Waals surface area (Å²) in [5.41, 5.74) is 0.0985. The Morgan fingerprint density at radius 3 is 2.64 bits per heavy atom. The first-order valence-corrected chi connectivity index (χ1v) is 7.94. The van der Waals surface area contributed by atoms with E-state index in [4.69, 9.17) is 39.5 Å². The molecular formula is C15H16Cl3NO3. The molecule has 1 atom stereocenters. The lowest BCUT2D eigenvalue weighted by Crippen LogP contribution is -2.32. The molecule has 1 aliphatic rings. The van der Waals surface area contributed by atoms with Gasteiger partial charge in [0, 0.05) is 18.0 Å². The average Bonchev–Trinajstić information content (AvgIpc) is 2.96. The summed E-state index contributed by atoms with van der Waals surface area (Å²) in [4.78, 5) is 23.4. The van der Waals surface area contributed by atoms with Crippen molar-refractivity contribution in [3.8, 4) is 0 Å². The summed E-state index contributed by atoms with van der Waals surface area (Å²) in [6.45, 7) is 1.71. The van der Waals surface area contributed by atoms with Crippen molar-refractivity contribution in [2.75, 3.05) is 13.2 Å². The van der Waals surface area contributed by atoms with Crippen LogP contribution in [0.2, 0.25) is 5.02 Å². The normalized spacial score (nSPS) is 22.0. The summed E-state index contributed by atoms with van der Waals surface area (Å²) >= 11 is 17.6. The monoisotopic (exact) mass is 363 g/mol. The highest BCUT2D eigenvalue weighted by Crippen LogP contribution is 2.64. The second-order valence-electron chi connectivity index (χ2n) is 5.52. The van der Waals surface area contributed by atoms with Gasteiger partial charge in [-0.25, -0.2) is 0 Å². The maximum Gasteiger partial charge on any atom is 0.315 e. The summed E-state index contributed by atoms with van der Waals surface area (Å²) in [6, 6.07) is 7.40. The predicted molar refractivity (Wildman–Crippen MR) is 86.3 cm³/mol. The van der Waals surface area contributed by atoms with Crippen LogP contribution >= 0.6 is 34.8 Å². The Morgan fingerprint density at radius 1 is 1.36 bits per heavy atom. The van der Waals surface area contributed by atoms with Gasteiger partial charge in [-0.1, -0.05) is 23.7 Å². The molecule has 120 valence electrons. The molecule has 0 radical (unpaired) electrons. The summed E-state index contributed by atoms with van der Waals surface area (Å²) in [5.74, 6) is -0.920. The molecule has 4 nitrogen and oxygen atoms in total. The third-order valence-corrected chi connectivity index (χ3v) is 5.00. The second kappa shape index (κ2) is 6.65. The number of hydrogen-bond donors (Lipinski definition) is 1. The van der Waals surface area contributed by atoms with Crippen molar-refractivity contribution in [3.05, 3.63) is 34.9 Å². The smallest absolute Gasteiger partial charge is 0.315 e. The zero-order valence-corrected chi connectivity index (χ0v) is 14.3. The van der Waals surface area contributed by atoms with E-state index in [0.29, 0.717) is 24.4 Å². The molecular weight excluding hydrogens is 349 g/mol. The van der Waals surface area contributed by atoms with E-state index in [1.54, 1.807) is 13.0 Å². The molecule has 0 aromatic heterocycles. The number of esters is 1. The van der Waals surface area contributed by atoms with Crippen LogP contribution in [-0.2, 0) is 20.7 Å². The van der Waals surface area contributed by atoms with Crippen LogP contribution in [0.25, 0.3) is 0 Å². The maximum atomic E-state index is 11.8. The molecule has 2 rings (SSSR count). The highest BCUT2D eigenvalue weighted by molar-refractivity contribution is 6.53. The zero-order valence-electron chi connectivity index (χ0n) is 12.0. The van der Waals surface area contributed by atoms with Crippen LogP contribution < -0.4 is 5.32 Å². The van der Waals surface area contributed by atoms with Crippen LogP contribution in [0, 0.1) is 5.41 Å². The maximum absolute atomic E-state index is 11.8. The van der Waals surface area contributed by atoms with E-state index >= 15 is 0 Å². The third-order valence-electron chi connectivity index (χ3n) is 3.67. The Balaban J connectivity index is 1.67. The van der Waals surface area contributed by atoms with E-state index in [1.165, 1.54) is 0 Å². The van der Waals surface area contributed by atoms with Crippen LogP contribution in [0.5, 0.6) is 0 Å². The molecule has 0 unspecified atom stereocenters. The van der Waals surface area contributed by atoms with Gasteiger partial charge in [0.05, 0.1) is 0 Å². The van der Waals surface area contributed by atoms with Crippen LogP contribution in [0.15, 0.2) is 24.3 Å². The lowest BCUT2D eigenvalue weighted by molar-refractivity contribution is -0.153. The topological polar surface area (TPSA) is 55.4 Å². The first kappa shape index (κ1) is 17.4. The van der Waals surface area contributed by atoms with E-state index in [-0.39, 0.29) is 12.5 Å². The molecule has 22 heavy (non-hydrogen) atoms. The van der Waals surface area contributed by atoms with Gasteiger partial charge in [-0.05, 0) is 31.0 Å². The summed E-state index contributed by atoms with van der Waals surface area (Å²) in [6.07, 6.45) is 0.975. The minimum absolute atomic E-state index is 0.332. The standard InChI is InChI=1S/C15H16Cl3NO3/c1-14(9-15(14,17)18)13(21)22-8-12(20)19-6-5-10-3-2-4-11(16)7-10/h2-4,7H,5-6,8-9H2,1H3,(H,19,20)/t14-/m0/s1. The molecule has 1 saturated carbocycles. The number of rotatable bonds is 6. The molecule has 1 amide bonds. The summed E-state index contributed by atoms with van der Waals surface area (Å²) in [5, 5.41) is 3.33. The van der Waals surface area contributed by atoms with Gasteiger partial charge >= 0.3 is 5.97 Å². The Hall–Kier alpha value is -0.970. The van der Waals surface area contributed by atoms with Gasteiger partial charge in [0.2, 0.25) is 0 Å². The van der Waals surface area contributed by atoms with Crippen molar-refractivity contribution >= 4 is 46.7 Å². The Bertz CT molecular complexity index is 591.